The Bertz CT molecular complexity index is 1120. The van der Waals surface area contributed by atoms with E-state index in [-0.39, 0.29) is 5.91 Å². The number of nitrogens with zero attached hydrogens (tertiary/aromatic N) is 1. The molecule has 0 aliphatic carbocycles. The molecule has 1 amide bonds. The van der Waals surface area contributed by atoms with E-state index in [0.717, 1.165) is 16.3 Å². The molecule has 0 aliphatic rings. The average Bonchev–Trinajstić information content (AvgIpc) is 3.11. The Morgan fingerprint density at radius 1 is 0.931 bits per heavy atom. The molecule has 146 valence electrons. The van der Waals surface area contributed by atoms with Gasteiger partial charge in [0.1, 0.15) is 0 Å². The molecule has 1 N–H and O–H groups in total. The summed E-state index contributed by atoms with van der Waals surface area (Å²) >= 11 is 8.09. The van der Waals surface area contributed by atoms with Crippen LogP contribution < -0.4 is 5.32 Å². The van der Waals surface area contributed by atoms with Crippen LogP contribution in [0.5, 0.6) is 0 Å². The van der Waals surface area contributed by atoms with Gasteiger partial charge >= 0.3 is 0 Å². The maximum absolute atomic E-state index is 12.3. The number of fused-ring (bicyclic) bond motifs is 1. The third-order valence-electron chi connectivity index (χ3n) is 4.77. The molecule has 1 aromatic heterocycles. The van der Waals surface area contributed by atoms with E-state index in [1.54, 1.807) is 11.8 Å². The highest BCUT2D eigenvalue weighted by Gasteiger charge is 2.10. The minimum atomic E-state index is -0.0459. The van der Waals surface area contributed by atoms with Gasteiger partial charge in [-0.25, -0.2) is 0 Å². The second-order valence-electron chi connectivity index (χ2n) is 6.71. The van der Waals surface area contributed by atoms with Gasteiger partial charge < -0.3 is 9.88 Å². The number of amides is 1. The molecule has 5 heteroatoms. The van der Waals surface area contributed by atoms with Gasteiger partial charge in [0.25, 0.3) is 5.91 Å². The Labute approximate surface area is 179 Å². The number of para-hydroxylation sites is 1. The van der Waals surface area contributed by atoms with Crippen LogP contribution in [0.3, 0.4) is 0 Å². The number of hydrogen-bond acceptors (Lipinski definition) is 2. The fourth-order valence-corrected chi connectivity index (χ4v) is 4.64. The summed E-state index contributed by atoms with van der Waals surface area (Å²) in [5.41, 5.74) is 2.98. The molecule has 0 fully saturated rings. The van der Waals surface area contributed by atoms with Crippen molar-refractivity contribution >= 4 is 40.2 Å². The number of carbonyl (C=O) groups excluding carboxylic acids is 1. The molecule has 0 spiro atoms. The average molecular weight is 421 g/mol. The van der Waals surface area contributed by atoms with E-state index in [0.29, 0.717) is 18.7 Å². The van der Waals surface area contributed by atoms with Gasteiger partial charge in [0.05, 0.1) is 0 Å². The number of carbonyl (C=O) groups is 1. The van der Waals surface area contributed by atoms with Crippen molar-refractivity contribution in [3.8, 4) is 0 Å². The normalized spacial score (nSPS) is 10.9. The molecule has 0 saturated heterocycles. The Hall–Kier alpha value is -2.69. The fourth-order valence-electron chi connectivity index (χ4n) is 3.27. The highest BCUT2D eigenvalue weighted by Crippen LogP contribution is 2.33. The standard InChI is InChI=1S/C24H21ClN2OS/c25-21-12-6-4-10-19(21)17-29-23-16-27(22-13-7-5-11-20(22)23)15-14-26-24(28)18-8-2-1-3-9-18/h1-13,16H,14-15,17H2,(H,26,28). The number of nitrogens with one attached hydrogen (secondary N) is 1. The SMILES string of the molecule is O=C(NCCn1cc(SCc2ccccc2Cl)c2ccccc21)c1ccccc1. The quantitative estimate of drug-likeness (QED) is 0.371. The lowest BCUT2D eigenvalue weighted by atomic mass is 10.2. The zero-order valence-electron chi connectivity index (χ0n) is 15.8. The second-order valence-corrected chi connectivity index (χ2v) is 8.13. The van der Waals surface area contributed by atoms with Crippen molar-refractivity contribution in [1.82, 2.24) is 9.88 Å². The fraction of sp³-hybridized carbons (Fsp3) is 0.125. The molecule has 0 radical (unpaired) electrons. The maximum atomic E-state index is 12.3. The van der Waals surface area contributed by atoms with Crippen molar-refractivity contribution in [2.24, 2.45) is 0 Å². The van der Waals surface area contributed by atoms with E-state index in [4.69, 9.17) is 11.6 Å². The summed E-state index contributed by atoms with van der Waals surface area (Å²) in [6.07, 6.45) is 2.17. The first kappa shape index (κ1) is 19.6. The first-order chi connectivity index (χ1) is 14.2. The van der Waals surface area contributed by atoms with Gasteiger partial charge in [0, 0.05) is 51.4 Å². The van der Waals surface area contributed by atoms with Crippen molar-refractivity contribution < 1.29 is 4.79 Å². The Balaban J connectivity index is 1.46. The first-order valence-electron chi connectivity index (χ1n) is 9.50. The number of benzene rings is 3. The lowest BCUT2D eigenvalue weighted by Gasteiger charge is -2.07. The Kier molecular flexibility index (Phi) is 6.23. The Morgan fingerprint density at radius 3 is 2.48 bits per heavy atom. The van der Waals surface area contributed by atoms with Crippen LogP contribution in [0.25, 0.3) is 10.9 Å². The predicted octanol–water partition coefficient (Wildman–Crippen LogP) is 6.02. The molecule has 29 heavy (non-hydrogen) atoms. The zero-order valence-corrected chi connectivity index (χ0v) is 17.4. The van der Waals surface area contributed by atoms with Crippen molar-refractivity contribution in [1.29, 1.82) is 0 Å². The van der Waals surface area contributed by atoms with Crippen LogP contribution in [-0.4, -0.2) is 17.0 Å². The van der Waals surface area contributed by atoms with Crippen molar-refractivity contribution in [2.45, 2.75) is 17.2 Å². The number of rotatable bonds is 7. The monoisotopic (exact) mass is 420 g/mol. The summed E-state index contributed by atoms with van der Waals surface area (Å²) in [5, 5.41) is 5.02. The van der Waals surface area contributed by atoms with Crippen LogP contribution in [0.15, 0.2) is 90.0 Å². The topological polar surface area (TPSA) is 34.0 Å². The van der Waals surface area contributed by atoms with E-state index in [1.165, 1.54) is 15.8 Å². The van der Waals surface area contributed by atoms with Crippen LogP contribution >= 0.6 is 23.4 Å². The lowest BCUT2D eigenvalue weighted by Crippen LogP contribution is -2.26. The summed E-state index contributed by atoms with van der Waals surface area (Å²) in [6.45, 7) is 1.28. The smallest absolute Gasteiger partial charge is 0.251 e. The largest absolute Gasteiger partial charge is 0.350 e. The minimum absolute atomic E-state index is 0.0459. The molecule has 0 atom stereocenters. The van der Waals surface area contributed by atoms with Gasteiger partial charge in [-0.1, -0.05) is 66.2 Å². The second kappa shape index (κ2) is 9.21. The molecule has 0 saturated carbocycles. The number of thioether (sulfide) groups is 1. The highest BCUT2D eigenvalue weighted by molar-refractivity contribution is 7.98. The van der Waals surface area contributed by atoms with Crippen molar-refractivity contribution in [2.75, 3.05) is 6.54 Å². The van der Waals surface area contributed by atoms with E-state index >= 15 is 0 Å². The third-order valence-corrected chi connectivity index (χ3v) is 6.23. The van der Waals surface area contributed by atoms with Crippen LogP contribution in [0.2, 0.25) is 5.02 Å². The minimum Gasteiger partial charge on any atom is -0.350 e. The maximum Gasteiger partial charge on any atom is 0.251 e. The van der Waals surface area contributed by atoms with E-state index < -0.39 is 0 Å². The molecule has 3 aromatic carbocycles. The summed E-state index contributed by atoms with van der Waals surface area (Å²) in [4.78, 5) is 13.5. The molecule has 4 rings (SSSR count). The van der Waals surface area contributed by atoms with Gasteiger partial charge in [-0.15, -0.1) is 11.8 Å². The van der Waals surface area contributed by atoms with Crippen molar-refractivity contribution in [3.63, 3.8) is 0 Å². The predicted molar refractivity (Wildman–Crippen MR) is 122 cm³/mol. The number of hydrogen-bond donors (Lipinski definition) is 1. The van der Waals surface area contributed by atoms with Crippen molar-refractivity contribution in [3.05, 3.63) is 101 Å². The molecule has 1 heterocycles. The Morgan fingerprint density at radius 2 is 1.66 bits per heavy atom. The summed E-state index contributed by atoms with van der Waals surface area (Å²) < 4.78 is 2.20. The third kappa shape index (κ3) is 4.66. The van der Waals surface area contributed by atoms with E-state index in [2.05, 4.69) is 40.3 Å². The zero-order chi connectivity index (χ0) is 20.1. The molecule has 0 bridgehead atoms. The van der Waals surface area contributed by atoms with E-state index in [1.807, 2.05) is 54.6 Å². The summed E-state index contributed by atoms with van der Waals surface area (Å²) in [6, 6.07) is 25.6. The van der Waals surface area contributed by atoms with Crippen LogP contribution in [0.4, 0.5) is 0 Å². The number of aromatic nitrogens is 1. The van der Waals surface area contributed by atoms with Gasteiger partial charge in [-0.2, -0.15) is 0 Å². The van der Waals surface area contributed by atoms with Gasteiger partial charge in [-0.3, -0.25) is 4.79 Å². The molecular weight excluding hydrogens is 400 g/mol. The summed E-state index contributed by atoms with van der Waals surface area (Å²) in [7, 11) is 0. The molecule has 0 aliphatic heterocycles. The molecular formula is C24H21ClN2OS. The van der Waals surface area contributed by atoms with Gasteiger partial charge in [0.2, 0.25) is 0 Å². The van der Waals surface area contributed by atoms with Crippen LogP contribution in [-0.2, 0) is 12.3 Å². The van der Waals surface area contributed by atoms with Gasteiger partial charge in [-0.05, 0) is 29.8 Å². The molecule has 3 nitrogen and oxygen atoms in total. The highest BCUT2D eigenvalue weighted by atomic mass is 35.5. The first-order valence-corrected chi connectivity index (χ1v) is 10.9. The van der Waals surface area contributed by atoms with Crippen LogP contribution in [0, 0.1) is 0 Å². The van der Waals surface area contributed by atoms with Gasteiger partial charge in [0.15, 0.2) is 0 Å². The number of halogens is 1. The lowest BCUT2D eigenvalue weighted by molar-refractivity contribution is 0.0952. The molecule has 4 aromatic rings. The van der Waals surface area contributed by atoms with E-state index in [9.17, 15) is 4.79 Å². The summed E-state index contributed by atoms with van der Waals surface area (Å²) in [5.74, 6) is 0.772. The van der Waals surface area contributed by atoms with Crippen LogP contribution in [0.1, 0.15) is 15.9 Å². The molecule has 0 unspecified atom stereocenters.